The number of likely N-dealkylation sites (tertiary alicyclic amines) is 1. The molecule has 1 aromatic carbocycles. The zero-order valence-electron chi connectivity index (χ0n) is 16.4. The lowest BCUT2D eigenvalue weighted by Crippen LogP contribution is -2.60. The number of anilines is 1. The average molecular weight is 405 g/mol. The van der Waals surface area contributed by atoms with Crippen molar-refractivity contribution < 1.29 is 9.18 Å². The van der Waals surface area contributed by atoms with Crippen molar-refractivity contribution in [1.29, 1.82) is 0 Å². The quantitative estimate of drug-likeness (QED) is 0.716. The van der Waals surface area contributed by atoms with Gasteiger partial charge in [0.25, 0.3) is 5.91 Å². The molecule has 0 radical (unpaired) electrons. The topological polar surface area (TPSA) is 88.8 Å². The maximum absolute atomic E-state index is 14.6. The smallest absolute Gasteiger partial charge is 0.256 e. The third-order valence-corrected chi connectivity index (χ3v) is 6.81. The number of amides is 1. The molecule has 9 heteroatoms. The summed E-state index contributed by atoms with van der Waals surface area (Å²) in [5.41, 5.74) is 1.43. The summed E-state index contributed by atoms with van der Waals surface area (Å²) in [7, 11) is 0. The van der Waals surface area contributed by atoms with Crippen molar-refractivity contribution >= 4 is 11.7 Å². The number of halogens is 1. The van der Waals surface area contributed by atoms with Crippen LogP contribution in [0, 0.1) is 24.1 Å². The maximum Gasteiger partial charge on any atom is 0.256 e. The molecule has 1 aliphatic heterocycles. The molecule has 3 aromatic rings. The lowest BCUT2D eigenvalue weighted by molar-refractivity contribution is 0.0471. The molecule has 2 aliphatic carbocycles. The Morgan fingerprint density at radius 2 is 2.03 bits per heavy atom. The molecule has 4 unspecified atom stereocenters. The Morgan fingerprint density at radius 1 is 1.20 bits per heavy atom. The van der Waals surface area contributed by atoms with Gasteiger partial charge in [-0.25, -0.2) is 9.37 Å². The summed E-state index contributed by atoms with van der Waals surface area (Å²) in [5, 5.41) is 11.5. The zero-order valence-corrected chi connectivity index (χ0v) is 16.4. The van der Waals surface area contributed by atoms with Crippen LogP contribution in [0.25, 0.3) is 5.69 Å². The van der Waals surface area contributed by atoms with Crippen molar-refractivity contribution in [3.8, 4) is 5.69 Å². The zero-order chi connectivity index (χ0) is 20.5. The summed E-state index contributed by atoms with van der Waals surface area (Å²) in [6, 6.07) is 4.70. The predicted molar refractivity (Wildman–Crippen MR) is 105 cm³/mol. The molecule has 3 aliphatic rings. The van der Waals surface area contributed by atoms with Crippen molar-refractivity contribution in [3.05, 3.63) is 60.1 Å². The number of carbonyl (C=O) groups is 1. The minimum atomic E-state index is -0.519. The van der Waals surface area contributed by atoms with Gasteiger partial charge in [0.1, 0.15) is 11.5 Å². The van der Waals surface area contributed by atoms with E-state index in [0.29, 0.717) is 18.3 Å². The van der Waals surface area contributed by atoms with Gasteiger partial charge in [-0.2, -0.15) is 10.2 Å². The summed E-state index contributed by atoms with van der Waals surface area (Å²) < 4.78 is 14.6. The number of aromatic nitrogens is 5. The van der Waals surface area contributed by atoms with E-state index in [1.54, 1.807) is 24.5 Å². The highest BCUT2D eigenvalue weighted by Crippen LogP contribution is 2.71. The second-order valence-corrected chi connectivity index (χ2v) is 8.49. The van der Waals surface area contributed by atoms with Crippen molar-refractivity contribution in [2.75, 3.05) is 11.9 Å². The Balaban J connectivity index is 1.31. The third kappa shape index (κ3) is 2.41. The highest BCUT2D eigenvalue weighted by molar-refractivity contribution is 5.98. The van der Waals surface area contributed by atoms with E-state index >= 15 is 0 Å². The number of nitrogens with zero attached hydrogens (tertiary/aromatic N) is 6. The molecular formula is C21H20FN7O. The highest BCUT2D eigenvalue weighted by atomic mass is 19.1. The van der Waals surface area contributed by atoms with E-state index in [-0.39, 0.29) is 34.7 Å². The molecule has 1 amide bonds. The first kappa shape index (κ1) is 17.5. The molecule has 0 bridgehead atoms. The van der Waals surface area contributed by atoms with Gasteiger partial charge in [-0.1, -0.05) is 6.07 Å². The number of hydrogen-bond donors (Lipinski definition) is 1. The van der Waals surface area contributed by atoms with Gasteiger partial charge in [0.2, 0.25) is 0 Å². The van der Waals surface area contributed by atoms with Crippen LogP contribution >= 0.6 is 0 Å². The molecule has 1 N–H and O–H groups in total. The second kappa shape index (κ2) is 6.07. The SMILES string of the molecule is Cc1cnc(NC2CC34CC3CN(C(=O)c3cccc(F)c3-n3nccn3)C24)cn1. The second-order valence-electron chi connectivity index (χ2n) is 8.49. The number of hydrogen-bond acceptors (Lipinski definition) is 6. The van der Waals surface area contributed by atoms with Crippen molar-refractivity contribution in [2.45, 2.75) is 31.8 Å². The van der Waals surface area contributed by atoms with Crippen LogP contribution in [0.15, 0.2) is 43.0 Å². The van der Waals surface area contributed by atoms with Gasteiger partial charge in [0.05, 0.1) is 42.1 Å². The molecule has 2 aromatic heterocycles. The van der Waals surface area contributed by atoms with Gasteiger partial charge in [-0.05, 0) is 43.2 Å². The number of rotatable bonds is 4. The van der Waals surface area contributed by atoms with Crippen LogP contribution in [-0.2, 0) is 0 Å². The Bertz CT molecular complexity index is 1130. The summed E-state index contributed by atoms with van der Waals surface area (Å²) >= 11 is 0. The van der Waals surface area contributed by atoms with E-state index in [1.807, 2.05) is 11.8 Å². The molecule has 3 heterocycles. The third-order valence-electron chi connectivity index (χ3n) is 6.81. The fourth-order valence-electron chi connectivity index (χ4n) is 5.39. The largest absolute Gasteiger partial charge is 0.364 e. The average Bonchev–Trinajstić information content (AvgIpc) is 3.09. The van der Waals surface area contributed by atoms with Crippen LogP contribution in [0.1, 0.15) is 28.9 Å². The molecule has 30 heavy (non-hydrogen) atoms. The molecular weight excluding hydrogens is 385 g/mol. The fourth-order valence-corrected chi connectivity index (χ4v) is 5.39. The standard InChI is InChI=1S/C21H20FN7O/c1-12-9-24-17(10-23-12)27-16-8-21-7-13(21)11-28(19(16)21)20(30)14-3-2-4-15(22)18(14)29-25-5-6-26-29/h2-6,9-10,13,16,19H,7-8,11H2,1H3,(H,24,27). The predicted octanol–water partition coefficient (Wildman–Crippen LogP) is 2.22. The van der Waals surface area contributed by atoms with E-state index in [9.17, 15) is 9.18 Å². The van der Waals surface area contributed by atoms with E-state index in [4.69, 9.17) is 0 Å². The molecule has 8 nitrogen and oxygen atoms in total. The number of benzene rings is 1. The summed E-state index contributed by atoms with van der Waals surface area (Å²) in [5.74, 6) is 0.534. The van der Waals surface area contributed by atoms with Crippen LogP contribution in [0.5, 0.6) is 0 Å². The Labute approximate surface area is 172 Å². The Hall–Kier alpha value is -3.36. The molecule has 152 valence electrons. The van der Waals surface area contributed by atoms with E-state index in [0.717, 1.165) is 18.5 Å². The van der Waals surface area contributed by atoms with Crippen LogP contribution in [0.2, 0.25) is 0 Å². The van der Waals surface area contributed by atoms with Gasteiger partial charge in [0, 0.05) is 12.6 Å². The number of piperidine rings is 1. The van der Waals surface area contributed by atoms with E-state index < -0.39 is 5.82 Å². The summed E-state index contributed by atoms with van der Waals surface area (Å²) in [6.07, 6.45) is 8.54. The lowest BCUT2D eigenvalue weighted by Gasteiger charge is -2.48. The van der Waals surface area contributed by atoms with Crippen molar-refractivity contribution in [1.82, 2.24) is 29.9 Å². The van der Waals surface area contributed by atoms with Gasteiger partial charge in [-0.3, -0.25) is 9.78 Å². The summed E-state index contributed by atoms with van der Waals surface area (Å²) in [6.45, 7) is 2.59. The van der Waals surface area contributed by atoms with Gasteiger partial charge in [0.15, 0.2) is 5.82 Å². The number of aryl methyl sites for hydroxylation is 1. The van der Waals surface area contributed by atoms with Crippen LogP contribution in [0.3, 0.4) is 0 Å². The molecule has 1 spiro atoms. The fraction of sp³-hybridized carbons (Fsp3) is 0.381. The van der Waals surface area contributed by atoms with Crippen LogP contribution in [0.4, 0.5) is 10.2 Å². The van der Waals surface area contributed by atoms with Gasteiger partial charge in [-0.15, -0.1) is 4.80 Å². The first-order valence-electron chi connectivity index (χ1n) is 10.1. The highest BCUT2D eigenvalue weighted by Gasteiger charge is 2.75. The summed E-state index contributed by atoms with van der Waals surface area (Å²) in [4.78, 5) is 25.3. The molecule has 6 rings (SSSR count). The molecule has 4 atom stereocenters. The van der Waals surface area contributed by atoms with Crippen LogP contribution < -0.4 is 5.32 Å². The number of para-hydroxylation sites is 1. The van der Waals surface area contributed by atoms with E-state index in [1.165, 1.54) is 23.3 Å². The number of carbonyl (C=O) groups excluding carboxylic acids is 1. The molecule has 3 fully saturated rings. The van der Waals surface area contributed by atoms with Gasteiger partial charge >= 0.3 is 0 Å². The maximum atomic E-state index is 14.6. The normalized spacial score (nSPS) is 28.5. The molecule has 1 saturated heterocycles. The monoisotopic (exact) mass is 405 g/mol. The van der Waals surface area contributed by atoms with Crippen molar-refractivity contribution in [3.63, 3.8) is 0 Å². The van der Waals surface area contributed by atoms with E-state index in [2.05, 4.69) is 25.5 Å². The first-order chi connectivity index (χ1) is 14.6. The Kier molecular flexibility index (Phi) is 3.54. The lowest BCUT2D eigenvalue weighted by atomic mass is 9.71. The molecule has 2 saturated carbocycles. The minimum absolute atomic E-state index is 0.0693. The van der Waals surface area contributed by atoms with Crippen LogP contribution in [-0.4, -0.2) is 54.4 Å². The Morgan fingerprint density at radius 3 is 2.80 bits per heavy atom. The minimum Gasteiger partial charge on any atom is -0.364 e. The number of nitrogens with one attached hydrogen (secondary N) is 1. The van der Waals surface area contributed by atoms with Gasteiger partial charge < -0.3 is 10.2 Å². The first-order valence-corrected chi connectivity index (χ1v) is 10.1. The van der Waals surface area contributed by atoms with Crippen molar-refractivity contribution in [2.24, 2.45) is 11.3 Å².